The van der Waals surface area contributed by atoms with Crippen LogP contribution in [0.3, 0.4) is 0 Å². The van der Waals surface area contributed by atoms with Gasteiger partial charge in [0.25, 0.3) is 0 Å². The van der Waals surface area contributed by atoms with Gasteiger partial charge >= 0.3 is 0 Å². The smallest absolute Gasteiger partial charge is 0.219 e. The van der Waals surface area contributed by atoms with Crippen LogP contribution in [0.1, 0.15) is 52.4 Å². The Hall–Kier alpha value is -0.180. The lowest BCUT2D eigenvalue weighted by Gasteiger charge is -2.53. The predicted octanol–water partition coefficient (Wildman–Crippen LogP) is 3.06. The number of carbonyl (C=O) groups is 1. The number of piperidine rings is 2. The van der Waals surface area contributed by atoms with Gasteiger partial charge in [-0.05, 0) is 44.8 Å². The summed E-state index contributed by atoms with van der Waals surface area (Å²) in [5, 5.41) is 0. The maximum Gasteiger partial charge on any atom is 0.219 e. The molecule has 2 saturated heterocycles. The number of fused-ring (bicyclic) bond motifs is 2. The van der Waals surface area contributed by atoms with Crippen LogP contribution in [0.2, 0.25) is 0 Å². The van der Waals surface area contributed by atoms with Crippen molar-refractivity contribution >= 4 is 17.7 Å². The van der Waals surface area contributed by atoms with Crippen molar-refractivity contribution in [2.45, 2.75) is 69.2 Å². The van der Waals surface area contributed by atoms with E-state index >= 15 is 0 Å². The van der Waals surface area contributed by atoms with Crippen molar-refractivity contribution in [3.63, 3.8) is 0 Å². The molecule has 2 nitrogen and oxygen atoms in total. The van der Waals surface area contributed by atoms with Gasteiger partial charge in [0.1, 0.15) is 0 Å². The Labute approximate surface area is 103 Å². The van der Waals surface area contributed by atoms with E-state index in [1.54, 1.807) is 6.92 Å². The molecule has 0 radical (unpaired) electrons. The highest BCUT2D eigenvalue weighted by atomic mass is 32.2. The third-order valence-corrected chi connectivity index (χ3v) is 6.01. The van der Waals surface area contributed by atoms with Crippen molar-refractivity contribution in [2.75, 3.05) is 6.26 Å². The lowest BCUT2D eigenvalue weighted by molar-refractivity contribution is -0.139. The Bertz CT molecular complexity index is 259. The molecule has 1 amide bonds. The lowest BCUT2D eigenvalue weighted by atomic mass is 9.76. The maximum atomic E-state index is 11.7. The zero-order valence-electron chi connectivity index (χ0n) is 10.7. The number of nitrogens with zero attached hydrogens (tertiary/aromatic N) is 1. The molecule has 0 aromatic carbocycles. The molecular formula is C13H23NOS. The van der Waals surface area contributed by atoms with Gasteiger partial charge < -0.3 is 4.90 Å². The highest BCUT2D eigenvalue weighted by molar-refractivity contribution is 8.00. The highest BCUT2D eigenvalue weighted by Crippen LogP contribution is 2.46. The summed E-state index contributed by atoms with van der Waals surface area (Å²) in [5.41, 5.74) is 0. The summed E-state index contributed by atoms with van der Waals surface area (Å²) in [5.74, 6) is 0.292. The van der Waals surface area contributed by atoms with Gasteiger partial charge in [-0.3, -0.25) is 4.79 Å². The molecule has 0 saturated carbocycles. The molecule has 0 aromatic heterocycles. The van der Waals surface area contributed by atoms with Crippen LogP contribution >= 0.6 is 11.8 Å². The van der Waals surface area contributed by atoms with Gasteiger partial charge in [-0.2, -0.15) is 11.8 Å². The summed E-state index contributed by atoms with van der Waals surface area (Å²) < 4.78 is 0.446. The van der Waals surface area contributed by atoms with E-state index in [4.69, 9.17) is 0 Å². The van der Waals surface area contributed by atoms with E-state index in [1.807, 2.05) is 11.8 Å². The second-order valence-corrected chi connectivity index (χ2v) is 6.59. The van der Waals surface area contributed by atoms with Crippen LogP contribution in [0.4, 0.5) is 0 Å². The second kappa shape index (κ2) is 4.59. The largest absolute Gasteiger partial charge is 0.337 e. The zero-order chi connectivity index (χ0) is 11.8. The Morgan fingerprint density at radius 2 is 1.94 bits per heavy atom. The number of hydrogen-bond donors (Lipinski definition) is 0. The summed E-state index contributed by atoms with van der Waals surface area (Å²) in [6.45, 7) is 4.04. The molecule has 3 heteroatoms. The van der Waals surface area contributed by atoms with E-state index in [0.29, 0.717) is 22.7 Å². The molecule has 2 aliphatic rings. The fourth-order valence-electron chi connectivity index (χ4n) is 3.62. The van der Waals surface area contributed by atoms with Gasteiger partial charge in [-0.25, -0.2) is 0 Å². The van der Waals surface area contributed by atoms with E-state index in [-0.39, 0.29) is 0 Å². The van der Waals surface area contributed by atoms with Crippen molar-refractivity contribution < 1.29 is 4.79 Å². The average molecular weight is 241 g/mol. The summed E-state index contributed by atoms with van der Waals surface area (Å²) in [6, 6.07) is 1.05. The first-order chi connectivity index (χ1) is 7.62. The molecule has 2 unspecified atom stereocenters. The summed E-state index contributed by atoms with van der Waals surface area (Å²) >= 11 is 2.03. The number of amides is 1. The summed E-state index contributed by atoms with van der Waals surface area (Å²) in [6.07, 6.45) is 9.65. The second-order valence-electron chi connectivity index (χ2n) is 5.31. The van der Waals surface area contributed by atoms with Gasteiger partial charge in [0.15, 0.2) is 0 Å². The van der Waals surface area contributed by atoms with E-state index in [0.717, 1.165) is 0 Å². The normalized spacial score (nSPS) is 38.6. The van der Waals surface area contributed by atoms with Gasteiger partial charge in [0.2, 0.25) is 5.91 Å². The first-order valence-corrected chi connectivity index (χ1v) is 7.68. The monoisotopic (exact) mass is 241 g/mol. The van der Waals surface area contributed by atoms with Gasteiger partial charge in [-0.1, -0.05) is 6.92 Å². The third-order valence-electron chi connectivity index (χ3n) is 4.52. The van der Waals surface area contributed by atoms with Crippen LogP contribution in [0.5, 0.6) is 0 Å². The minimum absolute atomic E-state index is 0.292. The molecule has 0 aromatic rings. The molecule has 2 fully saturated rings. The molecule has 2 heterocycles. The summed E-state index contributed by atoms with van der Waals surface area (Å²) in [7, 11) is 0. The minimum Gasteiger partial charge on any atom is -0.337 e. The molecule has 2 rings (SSSR count). The van der Waals surface area contributed by atoms with Gasteiger partial charge in [0.05, 0.1) is 0 Å². The zero-order valence-corrected chi connectivity index (χ0v) is 11.5. The maximum absolute atomic E-state index is 11.7. The van der Waals surface area contributed by atoms with Crippen molar-refractivity contribution in [2.24, 2.45) is 0 Å². The fraction of sp³-hybridized carbons (Fsp3) is 0.923. The van der Waals surface area contributed by atoms with Crippen molar-refractivity contribution in [1.29, 1.82) is 0 Å². The topological polar surface area (TPSA) is 20.3 Å². The Kier molecular flexibility index (Phi) is 3.53. The van der Waals surface area contributed by atoms with E-state index in [9.17, 15) is 4.79 Å². The van der Waals surface area contributed by atoms with Crippen LogP contribution in [0.25, 0.3) is 0 Å². The molecule has 2 aliphatic heterocycles. The Morgan fingerprint density at radius 1 is 1.38 bits per heavy atom. The van der Waals surface area contributed by atoms with Crippen molar-refractivity contribution in [3.05, 3.63) is 0 Å². The first kappa shape index (κ1) is 12.3. The predicted molar refractivity (Wildman–Crippen MR) is 69.7 cm³/mol. The first-order valence-electron chi connectivity index (χ1n) is 6.46. The standard InChI is InChI=1S/C13H23NOS/c1-4-13(16-3)8-11-6-5-7-12(9-13)14(11)10(2)15/h11-12H,4-9H2,1-3H3. The van der Waals surface area contributed by atoms with E-state index in [1.165, 1.54) is 38.5 Å². The van der Waals surface area contributed by atoms with Crippen LogP contribution in [0.15, 0.2) is 0 Å². The van der Waals surface area contributed by atoms with Crippen LogP contribution < -0.4 is 0 Å². The lowest BCUT2D eigenvalue weighted by Crippen LogP contribution is -2.58. The van der Waals surface area contributed by atoms with E-state index < -0.39 is 0 Å². The van der Waals surface area contributed by atoms with Gasteiger partial charge in [0, 0.05) is 23.8 Å². The number of rotatable bonds is 2. The quantitative estimate of drug-likeness (QED) is 0.740. The van der Waals surface area contributed by atoms with Gasteiger partial charge in [-0.15, -0.1) is 0 Å². The number of thioether (sulfide) groups is 1. The van der Waals surface area contributed by atoms with Crippen molar-refractivity contribution in [1.82, 2.24) is 4.90 Å². The molecule has 0 N–H and O–H groups in total. The fourth-order valence-corrected chi connectivity index (χ4v) is 4.63. The molecule has 0 aliphatic carbocycles. The molecule has 2 bridgehead atoms. The number of carbonyl (C=O) groups excluding carboxylic acids is 1. The molecule has 16 heavy (non-hydrogen) atoms. The summed E-state index contributed by atoms with van der Waals surface area (Å²) in [4.78, 5) is 13.9. The van der Waals surface area contributed by atoms with Crippen LogP contribution in [0, 0.1) is 0 Å². The highest BCUT2D eigenvalue weighted by Gasteiger charge is 2.45. The Balaban J connectivity index is 2.20. The van der Waals surface area contributed by atoms with Crippen molar-refractivity contribution in [3.8, 4) is 0 Å². The molecule has 0 spiro atoms. The van der Waals surface area contributed by atoms with E-state index in [2.05, 4.69) is 18.1 Å². The van der Waals surface area contributed by atoms with Crippen LogP contribution in [-0.2, 0) is 4.79 Å². The minimum atomic E-state index is 0.292. The molecule has 2 atom stereocenters. The third kappa shape index (κ3) is 1.99. The average Bonchev–Trinajstić information content (AvgIpc) is 2.27. The van der Waals surface area contributed by atoms with Crippen LogP contribution in [-0.4, -0.2) is 33.9 Å². The number of hydrogen-bond acceptors (Lipinski definition) is 2. The molecule has 92 valence electrons. The Morgan fingerprint density at radius 3 is 2.31 bits per heavy atom. The SMILES string of the molecule is CCC1(SC)CC2CCCC(C1)N2C(C)=O. The molecular weight excluding hydrogens is 218 g/mol.